The topological polar surface area (TPSA) is 105 Å². The van der Waals surface area contributed by atoms with E-state index >= 15 is 0 Å². The zero-order valence-electron chi connectivity index (χ0n) is 23.8. The maximum atomic E-state index is 14.8. The summed E-state index contributed by atoms with van der Waals surface area (Å²) in [7, 11) is -1.12. The van der Waals surface area contributed by atoms with Gasteiger partial charge in [-0.2, -0.15) is 0 Å². The van der Waals surface area contributed by atoms with Gasteiger partial charge in [0.15, 0.2) is 11.5 Å². The molecule has 0 heterocycles. The second-order valence-electron chi connectivity index (χ2n) is 9.79. The molecule has 0 radical (unpaired) electrons. The predicted octanol–water partition coefficient (Wildman–Crippen LogP) is 3.77. The first kappa shape index (κ1) is 31.4. The lowest BCUT2D eigenvalue weighted by atomic mass is 10.0. The second kappa shape index (κ2) is 14.0. The monoisotopic (exact) mass is 585 g/mol. The summed E-state index contributed by atoms with van der Waals surface area (Å²) in [5, 5.41) is 2.85. The molecule has 0 aliphatic rings. The van der Waals surface area contributed by atoms with Crippen LogP contribution in [-0.4, -0.2) is 64.2 Å². The van der Waals surface area contributed by atoms with E-state index in [1.165, 1.54) is 55.5 Å². The summed E-state index contributed by atoms with van der Waals surface area (Å²) in [4.78, 5) is 28.8. The molecule has 0 saturated heterocycles. The molecule has 220 valence electrons. The molecular formula is C30H36FN3O6S. The van der Waals surface area contributed by atoms with Crippen molar-refractivity contribution in [2.75, 3.05) is 31.3 Å². The average Bonchev–Trinajstić information content (AvgIpc) is 2.93. The van der Waals surface area contributed by atoms with Crippen LogP contribution in [0.1, 0.15) is 25.0 Å². The molecule has 11 heteroatoms. The quantitative estimate of drug-likeness (QED) is 0.328. The van der Waals surface area contributed by atoms with Crippen molar-refractivity contribution in [1.82, 2.24) is 10.2 Å². The van der Waals surface area contributed by atoms with Crippen molar-refractivity contribution in [2.24, 2.45) is 0 Å². The van der Waals surface area contributed by atoms with Crippen LogP contribution in [0, 0.1) is 5.82 Å². The number of nitrogens with one attached hydrogen (secondary N) is 1. The lowest BCUT2D eigenvalue weighted by Gasteiger charge is -2.34. The first-order valence-corrected chi connectivity index (χ1v) is 14.9. The summed E-state index contributed by atoms with van der Waals surface area (Å²) in [6, 6.07) is 18.3. The predicted molar refractivity (Wildman–Crippen MR) is 156 cm³/mol. The van der Waals surface area contributed by atoms with Gasteiger partial charge in [-0.05, 0) is 37.6 Å². The minimum absolute atomic E-state index is 0.134. The van der Waals surface area contributed by atoms with E-state index < -0.39 is 40.2 Å². The van der Waals surface area contributed by atoms with Crippen LogP contribution < -0.4 is 19.1 Å². The summed E-state index contributed by atoms with van der Waals surface area (Å²) in [6.07, 6.45) is 1.11. The van der Waals surface area contributed by atoms with Gasteiger partial charge in [-0.15, -0.1) is 0 Å². The van der Waals surface area contributed by atoms with Crippen molar-refractivity contribution in [2.45, 2.75) is 38.9 Å². The first-order valence-electron chi connectivity index (χ1n) is 13.0. The molecule has 1 atom stereocenters. The maximum absolute atomic E-state index is 14.8. The highest BCUT2D eigenvalue weighted by molar-refractivity contribution is 7.92. The Labute approximate surface area is 240 Å². The molecule has 3 rings (SSSR count). The van der Waals surface area contributed by atoms with E-state index in [4.69, 9.17) is 9.47 Å². The normalized spacial score (nSPS) is 12.0. The summed E-state index contributed by atoms with van der Waals surface area (Å²) in [5.74, 6) is -1.02. The number of carbonyl (C=O) groups excluding carboxylic acids is 2. The highest BCUT2D eigenvalue weighted by Crippen LogP contribution is 2.32. The number of rotatable bonds is 13. The van der Waals surface area contributed by atoms with Crippen LogP contribution in [0.15, 0.2) is 72.8 Å². The van der Waals surface area contributed by atoms with Gasteiger partial charge < -0.3 is 19.7 Å². The third kappa shape index (κ3) is 8.43. The first-order chi connectivity index (χ1) is 19.4. The van der Waals surface area contributed by atoms with Crippen LogP contribution in [0.25, 0.3) is 0 Å². The van der Waals surface area contributed by atoms with E-state index in [-0.39, 0.29) is 36.0 Å². The molecule has 0 fully saturated rings. The zero-order valence-corrected chi connectivity index (χ0v) is 24.7. The lowest BCUT2D eigenvalue weighted by molar-refractivity contribution is -0.140. The fourth-order valence-corrected chi connectivity index (χ4v) is 5.18. The van der Waals surface area contributed by atoms with Crippen molar-refractivity contribution in [1.29, 1.82) is 0 Å². The van der Waals surface area contributed by atoms with E-state index in [1.54, 1.807) is 19.9 Å². The maximum Gasteiger partial charge on any atom is 0.244 e. The number of benzene rings is 3. The van der Waals surface area contributed by atoms with Gasteiger partial charge in [0.25, 0.3) is 0 Å². The van der Waals surface area contributed by atoms with Crippen molar-refractivity contribution in [3.63, 3.8) is 0 Å². The fourth-order valence-electron chi connectivity index (χ4n) is 4.34. The number of hydrogen-bond donors (Lipinski definition) is 1. The molecule has 41 heavy (non-hydrogen) atoms. The number of anilines is 1. The van der Waals surface area contributed by atoms with Crippen LogP contribution in [0.3, 0.4) is 0 Å². The molecule has 0 spiro atoms. The highest BCUT2D eigenvalue weighted by atomic mass is 32.2. The third-order valence-corrected chi connectivity index (χ3v) is 7.48. The molecule has 3 aromatic rings. The van der Waals surface area contributed by atoms with Crippen molar-refractivity contribution >= 4 is 27.5 Å². The Morgan fingerprint density at radius 2 is 1.56 bits per heavy atom. The zero-order chi connectivity index (χ0) is 30.2. The Balaban J connectivity index is 2.09. The lowest BCUT2D eigenvalue weighted by Crippen LogP contribution is -2.54. The fraction of sp³-hybridized carbons (Fsp3) is 0.333. The number of halogens is 1. The van der Waals surface area contributed by atoms with Gasteiger partial charge >= 0.3 is 0 Å². The Morgan fingerprint density at radius 3 is 2.15 bits per heavy atom. The highest BCUT2D eigenvalue weighted by Gasteiger charge is 2.34. The van der Waals surface area contributed by atoms with Crippen molar-refractivity contribution < 1.29 is 31.9 Å². The van der Waals surface area contributed by atoms with Crippen LogP contribution >= 0.6 is 0 Å². The molecule has 3 aromatic carbocycles. The molecular weight excluding hydrogens is 549 g/mol. The Morgan fingerprint density at radius 1 is 0.927 bits per heavy atom. The van der Waals surface area contributed by atoms with E-state index in [2.05, 4.69) is 5.32 Å². The summed E-state index contributed by atoms with van der Waals surface area (Å²) in [6.45, 7) is 2.70. The number of nitrogens with zero attached hydrogens (tertiary/aromatic N) is 2. The number of methoxy groups -OCH3 is 2. The molecule has 0 saturated carbocycles. The van der Waals surface area contributed by atoms with Crippen molar-refractivity contribution in [3.05, 3.63) is 89.7 Å². The Bertz CT molecular complexity index is 1450. The third-order valence-electron chi connectivity index (χ3n) is 6.33. The van der Waals surface area contributed by atoms with Crippen LogP contribution in [0.5, 0.6) is 11.5 Å². The van der Waals surface area contributed by atoms with Gasteiger partial charge in [-0.1, -0.05) is 48.5 Å². The average molecular weight is 586 g/mol. The number of hydrogen-bond acceptors (Lipinski definition) is 6. The largest absolute Gasteiger partial charge is 0.493 e. The van der Waals surface area contributed by atoms with Gasteiger partial charge in [0.2, 0.25) is 21.8 Å². The van der Waals surface area contributed by atoms with E-state index in [9.17, 15) is 22.4 Å². The number of carbonyl (C=O) groups is 2. The van der Waals surface area contributed by atoms with Gasteiger partial charge in [-0.3, -0.25) is 13.9 Å². The van der Waals surface area contributed by atoms with Crippen molar-refractivity contribution in [3.8, 4) is 11.5 Å². The van der Waals surface area contributed by atoms with Gasteiger partial charge in [0.05, 0.1) is 26.2 Å². The minimum Gasteiger partial charge on any atom is -0.493 e. The Kier molecular flexibility index (Phi) is 10.7. The molecule has 9 nitrogen and oxygen atoms in total. The van der Waals surface area contributed by atoms with E-state index in [1.807, 2.05) is 30.3 Å². The SMILES string of the molecule is COc1ccc(N(CC(=O)N(Cc2ccccc2F)C(Cc2ccccc2)C(=O)NC(C)C)S(C)(=O)=O)cc1OC. The minimum atomic E-state index is -3.98. The van der Waals surface area contributed by atoms with E-state index in [0.717, 1.165) is 16.1 Å². The molecule has 0 aromatic heterocycles. The van der Waals surface area contributed by atoms with Crippen LogP contribution in [0.4, 0.5) is 10.1 Å². The van der Waals surface area contributed by atoms with Gasteiger partial charge in [0.1, 0.15) is 18.4 Å². The van der Waals surface area contributed by atoms with Crippen LogP contribution in [0.2, 0.25) is 0 Å². The summed E-state index contributed by atoms with van der Waals surface area (Å²) >= 11 is 0. The van der Waals surface area contributed by atoms with Gasteiger partial charge in [0, 0.05) is 30.6 Å². The number of sulfonamides is 1. The van der Waals surface area contributed by atoms with Gasteiger partial charge in [-0.25, -0.2) is 12.8 Å². The van der Waals surface area contributed by atoms with E-state index in [0.29, 0.717) is 5.75 Å². The summed E-state index contributed by atoms with van der Waals surface area (Å²) in [5.41, 5.74) is 1.13. The molecule has 2 amide bonds. The molecule has 1 unspecified atom stereocenters. The Hall–Kier alpha value is -4.12. The smallest absolute Gasteiger partial charge is 0.244 e. The molecule has 0 aliphatic heterocycles. The molecule has 1 N–H and O–H groups in total. The number of amides is 2. The summed E-state index contributed by atoms with van der Waals surface area (Å²) < 4.78 is 52.2. The standard InChI is InChI=1S/C30H36FN3O6S/c1-21(2)32-30(36)26(17-22-11-7-6-8-12-22)33(19-23-13-9-10-14-25(23)31)29(35)20-34(41(5,37)38)24-15-16-27(39-3)28(18-24)40-4/h6-16,18,21,26H,17,19-20H2,1-5H3,(H,32,36). The number of ether oxygens (including phenoxy) is 2. The molecule has 0 bridgehead atoms. The molecule has 0 aliphatic carbocycles. The van der Waals surface area contributed by atoms with Crippen LogP contribution in [-0.2, 0) is 32.6 Å². The second-order valence-corrected chi connectivity index (χ2v) is 11.7.